The molecule has 1 aliphatic carbocycles. The highest BCUT2D eigenvalue weighted by Crippen LogP contribution is 2.24. The lowest BCUT2D eigenvalue weighted by molar-refractivity contribution is -0.114. The fourth-order valence-electron chi connectivity index (χ4n) is 2.25. The normalized spacial score (nSPS) is 15.5. The van der Waals surface area contributed by atoms with E-state index in [1.807, 2.05) is 0 Å². The van der Waals surface area contributed by atoms with Gasteiger partial charge in [-0.15, -0.1) is 0 Å². The molecule has 1 rings (SSSR count). The second-order valence-electron chi connectivity index (χ2n) is 5.08. The van der Waals surface area contributed by atoms with Crippen LogP contribution in [-0.2, 0) is 9.59 Å². The first-order valence-electron chi connectivity index (χ1n) is 7.32. The smallest absolute Gasteiger partial charge is 0.193 e. The topological polar surface area (TPSA) is 34.1 Å². The molecular weight excluding hydrogens is 304 g/mol. The Kier molecular flexibility index (Phi) is 7.96. The number of rotatable bonds is 9. The molecule has 0 aromatic heterocycles. The molecule has 0 radical (unpaired) electrons. The highest BCUT2D eigenvalue weighted by molar-refractivity contribution is 9.12. The summed E-state index contributed by atoms with van der Waals surface area (Å²) in [5.74, 6) is -0.108. The first-order chi connectivity index (χ1) is 9.16. The number of halogens is 1. The van der Waals surface area contributed by atoms with E-state index in [0.717, 1.165) is 12.8 Å². The minimum absolute atomic E-state index is 0.0191. The van der Waals surface area contributed by atoms with E-state index in [9.17, 15) is 9.59 Å². The molecule has 0 unspecified atom stereocenters. The summed E-state index contributed by atoms with van der Waals surface area (Å²) in [6.07, 6.45) is 13.4. The Morgan fingerprint density at radius 3 is 2.00 bits per heavy atom. The summed E-state index contributed by atoms with van der Waals surface area (Å²) < 4.78 is 0.461. The number of allylic oxidation sites excluding steroid dienone is 4. The molecule has 0 aliphatic heterocycles. The van der Waals surface area contributed by atoms with Crippen LogP contribution >= 0.6 is 15.9 Å². The van der Waals surface area contributed by atoms with Crippen LogP contribution in [0.1, 0.15) is 64.7 Å². The highest BCUT2D eigenvalue weighted by Gasteiger charge is 2.19. The maximum atomic E-state index is 11.7. The molecule has 19 heavy (non-hydrogen) atoms. The lowest BCUT2D eigenvalue weighted by Gasteiger charge is -2.10. The maximum absolute atomic E-state index is 11.7. The Morgan fingerprint density at radius 1 is 0.842 bits per heavy atom. The van der Waals surface area contributed by atoms with Crippen molar-refractivity contribution in [2.75, 3.05) is 0 Å². The molecule has 0 aromatic rings. The summed E-state index contributed by atoms with van der Waals surface area (Å²) in [5, 5.41) is 0. The van der Waals surface area contributed by atoms with Gasteiger partial charge in [-0.2, -0.15) is 0 Å². The fourth-order valence-corrected chi connectivity index (χ4v) is 2.78. The zero-order valence-corrected chi connectivity index (χ0v) is 13.3. The van der Waals surface area contributed by atoms with Crippen molar-refractivity contribution >= 4 is 27.5 Å². The first-order valence-corrected chi connectivity index (χ1v) is 8.11. The Labute approximate surface area is 124 Å². The first kappa shape index (κ1) is 16.4. The van der Waals surface area contributed by atoms with Crippen molar-refractivity contribution in [2.45, 2.75) is 64.7 Å². The predicted octanol–water partition coefficient (Wildman–Crippen LogP) is 4.87. The van der Waals surface area contributed by atoms with Crippen LogP contribution in [0.5, 0.6) is 0 Å². The largest absolute Gasteiger partial charge is 0.290 e. The van der Waals surface area contributed by atoms with Crippen LogP contribution in [0.2, 0.25) is 0 Å². The van der Waals surface area contributed by atoms with Gasteiger partial charge in [0.1, 0.15) is 0 Å². The number of hydrogen-bond acceptors (Lipinski definition) is 2. The van der Waals surface area contributed by atoms with Crippen LogP contribution in [0.15, 0.2) is 22.2 Å². The van der Waals surface area contributed by atoms with Crippen molar-refractivity contribution in [1.29, 1.82) is 0 Å². The molecule has 1 aliphatic rings. The van der Waals surface area contributed by atoms with Gasteiger partial charge in [-0.25, -0.2) is 0 Å². The SMILES string of the molecule is CCCCCCCCCCC1=C(Br)C(=O)C=CC1=O. The molecule has 0 atom stereocenters. The van der Waals surface area contributed by atoms with E-state index in [2.05, 4.69) is 22.9 Å². The molecule has 3 heteroatoms. The number of ketones is 2. The van der Waals surface area contributed by atoms with Gasteiger partial charge in [0.2, 0.25) is 0 Å². The van der Waals surface area contributed by atoms with Gasteiger partial charge in [-0.3, -0.25) is 9.59 Å². The lowest BCUT2D eigenvalue weighted by Crippen LogP contribution is -2.11. The van der Waals surface area contributed by atoms with Crippen LogP contribution < -0.4 is 0 Å². The van der Waals surface area contributed by atoms with Crippen LogP contribution in [-0.4, -0.2) is 11.6 Å². The molecule has 0 spiro atoms. The van der Waals surface area contributed by atoms with E-state index < -0.39 is 0 Å². The average molecular weight is 327 g/mol. The average Bonchev–Trinajstić information content (AvgIpc) is 2.40. The van der Waals surface area contributed by atoms with E-state index in [4.69, 9.17) is 0 Å². The molecule has 0 aromatic carbocycles. The number of carbonyl (C=O) groups is 2. The molecule has 2 nitrogen and oxygen atoms in total. The third kappa shape index (κ3) is 5.85. The van der Waals surface area contributed by atoms with Crippen LogP contribution in [0.3, 0.4) is 0 Å². The van der Waals surface area contributed by atoms with Gasteiger partial charge in [-0.05, 0) is 40.9 Å². The van der Waals surface area contributed by atoms with E-state index in [1.54, 1.807) is 0 Å². The van der Waals surface area contributed by atoms with Crippen LogP contribution in [0.4, 0.5) is 0 Å². The van der Waals surface area contributed by atoms with Gasteiger partial charge in [0.15, 0.2) is 11.6 Å². The quantitative estimate of drug-likeness (QED) is 0.447. The Hall–Kier alpha value is -0.700. The highest BCUT2D eigenvalue weighted by atomic mass is 79.9. The van der Waals surface area contributed by atoms with Crippen molar-refractivity contribution in [2.24, 2.45) is 0 Å². The number of carbonyl (C=O) groups excluding carboxylic acids is 2. The zero-order chi connectivity index (χ0) is 14.1. The van der Waals surface area contributed by atoms with Crippen molar-refractivity contribution in [3.05, 3.63) is 22.2 Å². The summed E-state index contributed by atoms with van der Waals surface area (Å²) in [6, 6.07) is 0. The molecule has 0 saturated heterocycles. The summed E-state index contributed by atoms with van der Waals surface area (Å²) in [7, 11) is 0. The molecule has 0 N–H and O–H groups in total. The summed E-state index contributed by atoms with van der Waals surface area (Å²) in [4.78, 5) is 23.1. The molecule has 0 saturated carbocycles. The van der Waals surface area contributed by atoms with Crippen molar-refractivity contribution in [1.82, 2.24) is 0 Å². The zero-order valence-electron chi connectivity index (χ0n) is 11.7. The predicted molar refractivity (Wildman–Crippen MR) is 82.3 cm³/mol. The molecule has 106 valence electrons. The fraction of sp³-hybridized carbons (Fsp3) is 0.625. The van der Waals surface area contributed by atoms with Gasteiger partial charge < -0.3 is 0 Å². The molecule has 0 heterocycles. The second-order valence-corrected chi connectivity index (χ2v) is 5.87. The summed E-state index contributed by atoms with van der Waals surface area (Å²) in [6.45, 7) is 2.22. The Bertz CT molecular complexity index is 380. The number of unbranched alkanes of at least 4 members (excludes halogenated alkanes) is 7. The summed E-state index contributed by atoms with van der Waals surface area (Å²) in [5.41, 5.74) is 0.651. The van der Waals surface area contributed by atoms with Crippen molar-refractivity contribution in [3.63, 3.8) is 0 Å². The lowest BCUT2D eigenvalue weighted by atomic mass is 9.97. The monoisotopic (exact) mass is 326 g/mol. The second kappa shape index (κ2) is 9.24. The Balaban J connectivity index is 2.17. The van der Waals surface area contributed by atoms with Gasteiger partial charge in [0, 0.05) is 5.57 Å². The van der Waals surface area contributed by atoms with Gasteiger partial charge in [0.25, 0.3) is 0 Å². The van der Waals surface area contributed by atoms with E-state index in [0.29, 0.717) is 16.5 Å². The van der Waals surface area contributed by atoms with Crippen molar-refractivity contribution in [3.8, 4) is 0 Å². The van der Waals surface area contributed by atoms with E-state index in [-0.39, 0.29) is 11.6 Å². The summed E-state index contributed by atoms with van der Waals surface area (Å²) >= 11 is 3.23. The third-order valence-electron chi connectivity index (χ3n) is 3.45. The minimum Gasteiger partial charge on any atom is -0.290 e. The van der Waals surface area contributed by atoms with Crippen LogP contribution in [0.25, 0.3) is 0 Å². The molecule has 0 fully saturated rings. The van der Waals surface area contributed by atoms with E-state index in [1.165, 1.54) is 50.7 Å². The maximum Gasteiger partial charge on any atom is 0.193 e. The number of hydrogen-bond donors (Lipinski definition) is 0. The third-order valence-corrected chi connectivity index (χ3v) is 4.31. The van der Waals surface area contributed by atoms with Crippen molar-refractivity contribution < 1.29 is 9.59 Å². The van der Waals surface area contributed by atoms with E-state index >= 15 is 0 Å². The Morgan fingerprint density at radius 2 is 1.37 bits per heavy atom. The molecule has 0 amide bonds. The van der Waals surface area contributed by atoms with Gasteiger partial charge in [-0.1, -0.05) is 51.9 Å². The standard InChI is InChI=1S/C16H23BrO2/c1-2-3-4-5-6-7-8-9-10-13-14(18)11-12-15(19)16(13)17/h11-12H,2-10H2,1H3. The molecule has 0 bridgehead atoms. The molecular formula is C16H23BrO2. The minimum atomic E-state index is -0.0887. The van der Waals surface area contributed by atoms with Gasteiger partial charge in [0.05, 0.1) is 4.48 Å². The van der Waals surface area contributed by atoms with Gasteiger partial charge >= 0.3 is 0 Å². The van der Waals surface area contributed by atoms with Crippen LogP contribution in [0, 0.1) is 0 Å².